The largest absolute Gasteiger partial charge is 0.416 e. The van der Waals surface area contributed by atoms with Crippen LogP contribution in [-0.2, 0) is 28.4 Å². The van der Waals surface area contributed by atoms with Gasteiger partial charge in [0.1, 0.15) is 5.82 Å². The maximum atomic E-state index is 14.2. The molecule has 0 bridgehead atoms. The van der Waals surface area contributed by atoms with Crippen molar-refractivity contribution in [2.45, 2.75) is 18.9 Å². The molecule has 0 unspecified atom stereocenters. The number of pyridine rings is 2. The summed E-state index contributed by atoms with van der Waals surface area (Å²) < 4.78 is 97.7. The summed E-state index contributed by atoms with van der Waals surface area (Å²) in [5, 5.41) is 4.28. The van der Waals surface area contributed by atoms with Gasteiger partial charge in [-0.3, -0.25) is 14.8 Å². The van der Waals surface area contributed by atoms with E-state index < -0.39 is 23.5 Å². The third-order valence-electron chi connectivity index (χ3n) is 9.29. The van der Waals surface area contributed by atoms with Crippen LogP contribution in [0.25, 0.3) is 55.7 Å². The predicted octanol–water partition coefficient (Wildman–Crippen LogP) is 8.79. The maximum Gasteiger partial charge on any atom is 0.416 e. The number of nitrogens with zero attached hydrogens (tertiary/aromatic N) is 4. The molecule has 0 aliphatic rings. The first-order valence-electron chi connectivity index (χ1n) is 18.2. The number of hydrogen-bond acceptors (Lipinski definition) is 7. The minimum atomic E-state index is -5.09. The van der Waals surface area contributed by atoms with Gasteiger partial charge in [-0.1, -0.05) is 36.4 Å². The number of nitrogens with two attached hydrogens (primary N) is 1. The second-order valence-corrected chi connectivity index (χ2v) is 13.3. The number of carbonyl (C=O) groups is 1. The van der Waals surface area contributed by atoms with Crippen LogP contribution < -0.4 is 11.1 Å². The minimum Gasteiger partial charge on any atom is -0.378 e. The number of alkyl halides is 6. The molecule has 9 nitrogen and oxygen atoms in total. The summed E-state index contributed by atoms with van der Waals surface area (Å²) in [6.45, 7) is 2.01. The van der Waals surface area contributed by atoms with Gasteiger partial charge in [0.15, 0.2) is 0 Å². The van der Waals surface area contributed by atoms with Gasteiger partial charge in [0.2, 0.25) is 0 Å². The molecule has 0 aliphatic carbocycles. The number of amides is 1. The Morgan fingerprint density at radius 1 is 0.672 bits per heavy atom. The lowest BCUT2D eigenvalue weighted by molar-refractivity contribution is -0.143. The smallest absolute Gasteiger partial charge is 0.378 e. The molecule has 3 N–H and O–H groups in total. The van der Waals surface area contributed by atoms with Crippen LogP contribution in [0.1, 0.15) is 27.0 Å². The lowest BCUT2D eigenvalue weighted by Crippen LogP contribution is -2.27. The summed E-state index contributed by atoms with van der Waals surface area (Å²) >= 11 is 0. The van der Waals surface area contributed by atoms with E-state index in [4.69, 9.17) is 20.2 Å². The minimum absolute atomic E-state index is 0.0442. The fourth-order valence-electron chi connectivity index (χ4n) is 6.54. The molecular weight excluding hydrogens is 762 g/mol. The molecule has 0 aliphatic heterocycles. The molecule has 15 heteroatoms. The Bertz CT molecular complexity index is 2520. The van der Waals surface area contributed by atoms with Gasteiger partial charge in [-0.25, -0.2) is 4.98 Å². The second kappa shape index (κ2) is 17.1. The average Bonchev–Trinajstić information content (AvgIpc) is 3.59. The number of imidazole rings is 1. The van der Waals surface area contributed by atoms with Gasteiger partial charge >= 0.3 is 12.4 Å². The van der Waals surface area contributed by atoms with Crippen LogP contribution in [-0.4, -0.2) is 64.9 Å². The number of rotatable bonds is 14. The highest BCUT2D eigenvalue weighted by Crippen LogP contribution is 2.42. The summed E-state index contributed by atoms with van der Waals surface area (Å²) in [5.41, 5.74) is 6.26. The topological polar surface area (TPSA) is 117 Å². The number of hydrogen-bond donors (Lipinski definition) is 2. The molecule has 7 aromatic rings. The van der Waals surface area contributed by atoms with E-state index in [1.54, 1.807) is 77.6 Å². The molecule has 58 heavy (non-hydrogen) atoms. The van der Waals surface area contributed by atoms with Gasteiger partial charge in [-0.2, -0.15) is 26.3 Å². The third-order valence-corrected chi connectivity index (χ3v) is 9.29. The Morgan fingerprint density at radius 3 is 1.86 bits per heavy atom. The highest BCUT2D eigenvalue weighted by Gasteiger charge is 2.38. The molecule has 1 amide bonds. The molecule has 0 saturated heterocycles. The Kier molecular flexibility index (Phi) is 11.8. The molecule has 4 aromatic carbocycles. The molecule has 0 saturated carbocycles. The van der Waals surface area contributed by atoms with Crippen molar-refractivity contribution in [1.29, 1.82) is 0 Å². The van der Waals surface area contributed by atoms with Crippen molar-refractivity contribution in [3.63, 3.8) is 0 Å². The van der Waals surface area contributed by atoms with E-state index in [-0.39, 0.29) is 43.1 Å². The molecule has 0 fully saturated rings. The van der Waals surface area contributed by atoms with Crippen LogP contribution in [0, 0.1) is 0 Å². The van der Waals surface area contributed by atoms with Crippen LogP contribution in [0.5, 0.6) is 0 Å². The Morgan fingerprint density at radius 2 is 1.26 bits per heavy atom. The number of benzene rings is 4. The number of fused-ring (bicyclic) bond motifs is 2. The van der Waals surface area contributed by atoms with Crippen molar-refractivity contribution in [1.82, 2.24) is 24.8 Å². The first kappa shape index (κ1) is 40.1. The van der Waals surface area contributed by atoms with Gasteiger partial charge in [-0.15, -0.1) is 0 Å². The van der Waals surface area contributed by atoms with Crippen molar-refractivity contribution in [2.75, 3.05) is 39.5 Å². The lowest BCUT2D eigenvalue weighted by atomic mass is 10.0. The van der Waals surface area contributed by atoms with Crippen molar-refractivity contribution in [2.24, 2.45) is 5.73 Å². The predicted molar refractivity (Wildman–Crippen MR) is 208 cm³/mol. The Hall–Kier alpha value is -6.16. The summed E-state index contributed by atoms with van der Waals surface area (Å²) in [4.78, 5) is 26.6. The van der Waals surface area contributed by atoms with Crippen molar-refractivity contribution in [3.05, 3.63) is 138 Å². The number of ether oxygens (including phenoxy) is 2. The number of carbonyl (C=O) groups excluding carboxylic acids is 1. The van der Waals surface area contributed by atoms with Crippen LogP contribution in [0.4, 0.5) is 26.3 Å². The Balaban J connectivity index is 1.34. The fourth-order valence-corrected chi connectivity index (χ4v) is 6.54. The number of nitrogens with one attached hydrogen (secondary N) is 1. The average molecular weight is 799 g/mol. The SMILES string of the molecule is NCCOCCOCCNC(=O)c1ccc(Cn2c(-c3cc(C(F)(F)F)cc(C(F)(F)F)c3)nc(-c3ccc4ncccc4c3)c2-c2ccc3ncccc3c2)cc1. The first-order valence-corrected chi connectivity index (χ1v) is 18.2. The monoisotopic (exact) mass is 798 g/mol. The molecule has 0 spiro atoms. The summed E-state index contributed by atoms with van der Waals surface area (Å²) in [6.07, 6.45) is -6.89. The number of aromatic nitrogens is 4. The molecule has 3 heterocycles. The van der Waals surface area contributed by atoms with Gasteiger partial charge in [0.05, 0.1) is 60.0 Å². The Labute approximate surface area is 328 Å². The van der Waals surface area contributed by atoms with Crippen LogP contribution in [0.2, 0.25) is 0 Å². The maximum absolute atomic E-state index is 14.2. The zero-order valence-corrected chi connectivity index (χ0v) is 30.8. The second-order valence-electron chi connectivity index (χ2n) is 13.3. The van der Waals surface area contributed by atoms with Crippen molar-refractivity contribution < 1.29 is 40.6 Å². The van der Waals surface area contributed by atoms with E-state index in [2.05, 4.69) is 15.3 Å². The quantitative estimate of drug-likeness (QED) is 0.0835. The highest BCUT2D eigenvalue weighted by molar-refractivity contribution is 5.94. The third kappa shape index (κ3) is 9.17. The molecule has 3 aromatic heterocycles. The van der Waals surface area contributed by atoms with Crippen molar-refractivity contribution >= 4 is 27.7 Å². The van der Waals surface area contributed by atoms with Gasteiger partial charge in [0, 0.05) is 65.1 Å². The van der Waals surface area contributed by atoms with Crippen LogP contribution >= 0.6 is 0 Å². The van der Waals surface area contributed by atoms with Crippen LogP contribution in [0.15, 0.2) is 116 Å². The molecule has 298 valence electrons. The zero-order chi connectivity index (χ0) is 40.9. The van der Waals surface area contributed by atoms with E-state index in [0.29, 0.717) is 83.2 Å². The van der Waals surface area contributed by atoms with E-state index in [0.717, 1.165) is 10.8 Å². The van der Waals surface area contributed by atoms with E-state index in [9.17, 15) is 31.1 Å². The van der Waals surface area contributed by atoms with Gasteiger partial charge < -0.3 is 25.1 Å². The standard InChI is InChI=1S/C43H36F6N6O3/c44-42(45,46)34-23-33(24-35(25-34)43(47,48)49)40-54-38(31-9-11-36-29(21-31)3-1-14-51-36)39(32-10-12-37-30(22-32)4-2-15-52-37)55(40)26-27-5-7-28(8-6-27)41(56)53-16-18-58-20-19-57-17-13-50/h1-12,14-15,21-25H,13,16-20,26,50H2,(H,53,56). The van der Waals surface area contributed by atoms with E-state index in [1.807, 2.05) is 24.3 Å². The normalized spacial score (nSPS) is 12.1. The molecule has 7 rings (SSSR count). The van der Waals surface area contributed by atoms with Crippen molar-refractivity contribution in [3.8, 4) is 33.9 Å². The fraction of sp³-hybridized carbons (Fsp3) is 0.209. The summed E-state index contributed by atoms with van der Waals surface area (Å²) in [5.74, 6) is -0.491. The number of halogens is 6. The zero-order valence-electron chi connectivity index (χ0n) is 30.8. The van der Waals surface area contributed by atoms with Crippen LogP contribution in [0.3, 0.4) is 0 Å². The van der Waals surface area contributed by atoms with Gasteiger partial charge in [-0.05, 0) is 72.3 Å². The molecule has 0 atom stereocenters. The molecule has 0 radical (unpaired) electrons. The highest BCUT2D eigenvalue weighted by atomic mass is 19.4. The van der Waals surface area contributed by atoms with E-state index >= 15 is 0 Å². The molecular formula is C43H36F6N6O3. The van der Waals surface area contributed by atoms with E-state index in [1.165, 1.54) is 0 Å². The summed E-state index contributed by atoms with van der Waals surface area (Å²) in [7, 11) is 0. The summed E-state index contributed by atoms with van der Waals surface area (Å²) in [6, 6.07) is 26.0. The first-order chi connectivity index (χ1) is 27.9. The van der Waals surface area contributed by atoms with Gasteiger partial charge in [0.25, 0.3) is 5.91 Å². The lowest BCUT2D eigenvalue weighted by Gasteiger charge is -2.17.